The van der Waals surface area contributed by atoms with E-state index in [0.717, 1.165) is 31.6 Å². The summed E-state index contributed by atoms with van der Waals surface area (Å²) in [7, 11) is 0. The van der Waals surface area contributed by atoms with Crippen molar-refractivity contribution in [2.45, 2.75) is 19.9 Å². The maximum absolute atomic E-state index is 4.02. The first-order valence-corrected chi connectivity index (χ1v) is 7.87. The van der Waals surface area contributed by atoms with Crippen LogP contribution in [0.15, 0.2) is 61.2 Å². The normalized spacial score (nSPS) is 14.4. The predicted molar refractivity (Wildman–Crippen MR) is 95.8 cm³/mol. The summed E-state index contributed by atoms with van der Waals surface area (Å²) >= 11 is 0. The molecule has 0 amide bonds. The summed E-state index contributed by atoms with van der Waals surface area (Å²) in [5.41, 5.74) is 7.93. The Morgan fingerprint density at radius 1 is 1.09 bits per heavy atom. The maximum Gasteiger partial charge on any atom is 0.0240 e. The molecule has 0 fully saturated rings. The zero-order valence-electron chi connectivity index (χ0n) is 13.3. The van der Waals surface area contributed by atoms with E-state index in [0.29, 0.717) is 0 Å². The summed E-state index contributed by atoms with van der Waals surface area (Å²) in [6, 6.07) is 15.5. The van der Waals surface area contributed by atoms with E-state index in [9.17, 15) is 0 Å². The minimum Gasteiger partial charge on any atom is -0.295 e. The lowest BCUT2D eigenvalue weighted by atomic mass is 9.94. The van der Waals surface area contributed by atoms with E-state index in [2.05, 4.69) is 67.4 Å². The van der Waals surface area contributed by atoms with E-state index in [1.165, 1.54) is 27.8 Å². The van der Waals surface area contributed by atoms with Crippen LogP contribution in [0.1, 0.15) is 23.6 Å². The fourth-order valence-electron chi connectivity index (χ4n) is 3.12. The Hall–Kier alpha value is -2.12. The van der Waals surface area contributed by atoms with Crippen molar-refractivity contribution >= 4 is 6.08 Å². The first kappa shape index (κ1) is 14.8. The number of fused-ring (bicyclic) bond motifs is 1. The zero-order valence-corrected chi connectivity index (χ0v) is 13.3. The van der Waals surface area contributed by atoms with Crippen LogP contribution < -0.4 is 0 Å². The third-order valence-corrected chi connectivity index (χ3v) is 4.27. The number of hydrogen-bond donors (Lipinski definition) is 0. The zero-order chi connectivity index (χ0) is 15.5. The fraction of sp³-hybridized carbons (Fsp3) is 0.238. The van der Waals surface area contributed by atoms with Gasteiger partial charge in [-0.2, -0.15) is 0 Å². The van der Waals surface area contributed by atoms with Crippen molar-refractivity contribution < 1.29 is 0 Å². The molecule has 3 rings (SSSR count). The third-order valence-electron chi connectivity index (χ3n) is 4.27. The third kappa shape index (κ3) is 3.20. The van der Waals surface area contributed by atoms with Gasteiger partial charge in [0.05, 0.1) is 0 Å². The van der Waals surface area contributed by atoms with Crippen LogP contribution in [0.3, 0.4) is 0 Å². The van der Waals surface area contributed by atoms with Gasteiger partial charge in [0.1, 0.15) is 0 Å². The molecular formula is C21H23N. The minimum atomic E-state index is 1.00. The molecule has 0 unspecified atom stereocenters. The van der Waals surface area contributed by atoms with Crippen LogP contribution >= 0.6 is 0 Å². The molecule has 0 bridgehead atoms. The molecule has 0 radical (unpaired) electrons. The van der Waals surface area contributed by atoms with E-state index < -0.39 is 0 Å². The van der Waals surface area contributed by atoms with Crippen LogP contribution in [-0.2, 0) is 13.0 Å². The first-order chi connectivity index (χ1) is 10.7. The van der Waals surface area contributed by atoms with Crippen molar-refractivity contribution in [1.29, 1.82) is 0 Å². The smallest absolute Gasteiger partial charge is 0.0240 e. The van der Waals surface area contributed by atoms with Crippen LogP contribution in [0.4, 0.5) is 0 Å². The lowest BCUT2D eigenvalue weighted by molar-refractivity contribution is 0.276. The second kappa shape index (κ2) is 6.33. The van der Waals surface area contributed by atoms with Gasteiger partial charge in [-0.1, -0.05) is 67.3 Å². The van der Waals surface area contributed by atoms with Crippen molar-refractivity contribution in [3.63, 3.8) is 0 Å². The molecule has 0 spiro atoms. The Labute approximate surface area is 133 Å². The number of rotatable bonds is 4. The topological polar surface area (TPSA) is 3.24 Å². The van der Waals surface area contributed by atoms with Gasteiger partial charge < -0.3 is 0 Å². The van der Waals surface area contributed by atoms with Crippen LogP contribution in [0.2, 0.25) is 0 Å². The van der Waals surface area contributed by atoms with Crippen LogP contribution in [0.5, 0.6) is 0 Å². The second-order valence-electron chi connectivity index (χ2n) is 6.23. The summed E-state index contributed by atoms with van der Waals surface area (Å²) in [6.07, 6.45) is 3.01. The molecule has 1 nitrogen and oxygen atoms in total. The van der Waals surface area contributed by atoms with Gasteiger partial charge in [-0.15, -0.1) is 0 Å². The summed E-state index contributed by atoms with van der Waals surface area (Å²) in [4.78, 5) is 2.48. The molecule has 0 aromatic heterocycles. The first-order valence-electron chi connectivity index (χ1n) is 7.87. The molecular weight excluding hydrogens is 266 g/mol. The van der Waals surface area contributed by atoms with Crippen LogP contribution in [0, 0.1) is 0 Å². The standard InChI is InChI=1S/C21H23N/c1-4-17-5-7-18(8-6-17)19-9-10-21-15-22(14-16(2)3)12-11-20(21)13-19/h4-10,13H,1-2,11-12,14-15H2,3H3. The average Bonchev–Trinajstić information content (AvgIpc) is 2.54. The SMILES string of the molecule is C=Cc1ccc(-c2ccc3c(c2)CCN(CC(=C)C)C3)cc1. The van der Waals surface area contributed by atoms with Crippen molar-refractivity contribution in [3.05, 3.63) is 77.9 Å². The van der Waals surface area contributed by atoms with Crippen molar-refractivity contribution in [2.24, 2.45) is 0 Å². The Kier molecular flexibility index (Phi) is 4.26. The van der Waals surface area contributed by atoms with Crippen LogP contribution in [0.25, 0.3) is 17.2 Å². The van der Waals surface area contributed by atoms with Gasteiger partial charge in [0.25, 0.3) is 0 Å². The Morgan fingerprint density at radius 2 is 1.82 bits per heavy atom. The number of benzene rings is 2. The van der Waals surface area contributed by atoms with Crippen molar-refractivity contribution in [2.75, 3.05) is 13.1 Å². The van der Waals surface area contributed by atoms with E-state index >= 15 is 0 Å². The van der Waals surface area contributed by atoms with Gasteiger partial charge in [-0.05, 0) is 41.2 Å². The molecule has 1 heterocycles. The quantitative estimate of drug-likeness (QED) is 0.721. The van der Waals surface area contributed by atoms with Crippen molar-refractivity contribution in [1.82, 2.24) is 4.90 Å². The largest absolute Gasteiger partial charge is 0.295 e. The summed E-state index contributed by atoms with van der Waals surface area (Å²) in [5.74, 6) is 0. The Bertz CT molecular complexity index is 694. The maximum atomic E-state index is 4.02. The van der Waals surface area contributed by atoms with Gasteiger partial charge in [-0.3, -0.25) is 4.90 Å². The van der Waals surface area contributed by atoms with Gasteiger partial charge in [-0.25, -0.2) is 0 Å². The highest BCUT2D eigenvalue weighted by molar-refractivity contribution is 5.67. The lowest BCUT2D eigenvalue weighted by Crippen LogP contribution is -2.31. The molecule has 1 heteroatoms. The molecule has 1 aliphatic heterocycles. The molecule has 2 aromatic rings. The molecule has 0 saturated heterocycles. The Morgan fingerprint density at radius 3 is 2.50 bits per heavy atom. The van der Waals surface area contributed by atoms with Crippen LogP contribution in [-0.4, -0.2) is 18.0 Å². The van der Waals surface area contributed by atoms with E-state index in [1.54, 1.807) is 0 Å². The molecule has 2 aromatic carbocycles. The van der Waals surface area contributed by atoms with Crippen molar-refractivity contribution in [3.8, 4) is 11.1 Å². The summed E-state index contributed by atoms with van der Waals surface area (Å²) in [5, 5.41) is 0. The van der Waals surface area contributed by atoms with E-state index in [-0.39, 0.29) is 0 Å². The second-order valence-corrected chi connectivity index (χ2v) is 6.23. The highest BCUT2D eigenvalue weighted by atomic mass is 15.1. The van der Waals surface area contributed by atoms with E-state index in [4.69, 9.17) is 0 Å². The summed E-state index contributed by atoms with van der Waals surface area (Å²) in [6.45, 7) is 13.1. The fourth-order valence-corrected chi connectivity index (χ4v) is 3.12. The van der Waals surface area contributed by atoms with Gasteiger partial charge in [0.15, 0.2) is 0 Å². The molecule has 22 heavy (non-hydrogen) atoms. The highest BCUT2D eigenvalue weighted by Gasteiger charge is 2.16. The molecule has 0 N–H and O–H groups in total. The van der Waals surface area contributed by atoms with E-state index in [1.807, 2.05) is 6.08 Å². The average molecular weight is 289 g/mol. The Balaban J connectivity index is 1.82. The monoisotopic (exact) mass is 289 g/mol. The number of nitrogens with zero attached hydrogens (tertiary/aromatic N) is 1. The van der Waals surface area contributed by atoms with Gasteiger partial charge in [0, 0.05) is 19.6 Å². The predicted octanol–water partition coefficient (Wildman–Crippen LogP) is 4.93. The number of hydrogen-bond acceptors (Lipinski definition) is 1. The molecule has 0 atom stereocenters. The molecule has 0 aliphatic carbocycles. The molecule has 1 aliphatic rings. The minimum absolute atomic E-state index is 1.00. The highest BCUT2D eigenvalue weighted by Crippen LogP contribution is 2.27. The lowest BCUT2D eigenvalue weighted by Gasteiger charge is -2.29. The molecule has 112 valence electrons. The summed E-state index contributed by atoms with van der Waals surface area (Å²) < 4.78 is 0. The van der Waals surface area contributed by atoms with Gasteiger partial charge in [0.2, 0.25) is 0 Å². The van der Waals surface area contributed by atoms with Gasteiger partial charge >= 0.3 is 0 Å². The molecule has 0 saturated carbocycles.